The largest absolute Gasteiger partial charge is 0.469 e. The Hall–Kier alpha value is -1.82. The zero-order chi connectivity index (χ0) is 17.7. The molecule has 1 aliphatic rings. The smallest absolute Gasteiger partial charge is 0.255 e. The van der Waals surface area contributed by atoms with Gasteiger partial charge in [0.1, 0.15) is 11.8 Å². The van der Waals surface area contributed by atoms with E-state index in [-0.39, 0.29) is 24.3 Å². The van der Waals surface area contributed by atoms with E-state index >= 15 is 0 Å². The summed E-state index contributed by atoms with van der Waals surface area (Å²) in [6.07, 6.45) is 3.70. The Labute approximate surface area is 143 Å². The Morgan fingerprint density at radius 3 is 2.54 bits per heavy atom. The zero-order valence-corrected chi connectivity index (χ0v) is 14.7. The van der Waals surface area contributed by atoms with Crippen molar-refractivity contribution in [2.24, 2.45) is 11.8 Å². The first-order chi connectivity index (χ1) is 11.4. The van der Waals surface area contributed by atoms with Gasteiger partial charge in [0.05, 0.1) is 11.8 Å². The molecule has 134 valence electrons. The molecule has 1 atom stereocenters. The van der Waals surface area contributed by atoms with Crippen LogP contribution < -0.4 is 5.32 Å². The summed E-state index contributed by atoms with van der Waals surface area (Å²) in [6, 6.07) is 1.09. The molecule has 2 rings (SSSR count). The zero-order valence-electron chi connectivity index (χ0n) is 14.7. The molecule has 2 N–H and O–H groups in total. The van der Waals surface area contributed by atoms with Gasteiger partial charge in [-0.15, -0.1) is 0 Å². The van der Waals surface area contributed by atoms with Crippen molar-refractivity contribution in [1.82, 2.24) is 10.2 Å². The van der Waals surface area contributed by atoms with E-state index in [9.17, 15) is 14.7 Å². The summed E-state index contributed by atoms with van der Waals surface area (Å²) < 4.78 is 5.17. The minimum absolute atomic E-state index is 0.0328. The van der Waals surface area contributed by atoms with Crippen LogP contribution in [0.25, 0.3) is 0 Å². The van der Waals surface area contributed by atoms with Gasteiger partial charge in [0.2, 0.25) is 5.91 Å². The third kappa shape index (κ3) is 4.60. The number of furan rings is 1. The monoisotopic (exact) mass is 336 g/mol. The summed E-state index contributed by atoms with van der Waals surface area (Å²) in [5.74, 6) is 0.813. The predicted molar refractivity (Wildman–Crippen MR) is 90.5 cm³/mol. The van der Waals surface area contributed by atoms with Gasteiger partial charge >= 0.3 is 0 Å². The van der Waals surface area contributed by atoms with Crippen molar-refractivity contribution >= 4 is 11.8 Å². The number of nitrogens with zero attached hydrogens (tertiary/aromatic N) is 1. The lowest BCUT2D eigenvalue weighted by Gasteiger charge is -2.34. The highest BCUT2D eigenvalue weighted by molar-refractivity contribution is 5.98. The number of carbonyl (C=O) groups is 2. The van der Waals surface area contributed by atoms with E-state index in [2.05, 4.69) is 5.32 Å². The topological polar surface area (TPSA) is 82.8 Å². The SMILES string of the molecule is Cc1occc1C(=O)NC(CC(C)C)C(=O)N1CCC(CO)CC1. The minimum Gasteiger partial charge on any atom is -0.469 e. The fraction of sp³-hybridized carbons (Fsp3) is 0.667. The van der Waals surface area contributed by atoms with Gasteiger partial charge < -0.3 is 19.7 Å². The molecule has 2 amide bonds. The summed E-state index contributed by atoms with van der Waals surface area (Å²) in [6.45, 7) is 7.25. The Balaban J connectivity index is 2.03. The molecule has 1 aromatic heterocycles. The maximum absolute atomic E-state index is 12.8. The van der Waals surface area contributed by atoms with Crippen molar-refractivity contribution in [1.29, 1.82) is 0 Å². The van der Waals surface area contributed by atoms with Crippen LogP contribution in [0.5, 0.6) is 0 Å². The Morgan fingerprint density at radius 2 is 2.04 bits per heavy atom. The Kier molecular flexibility index (Phi) is 6.43. The molecule has 0 saturated carbocycles. The molecule has 0 spiro atoms. The van der Waals surface area contributed by atoms with Gasteiger partial charge in [-0.1, -0.05) is 13.8 Å². The highest BCUT2D eigenvalue weighted by Crippen LogP contribution is 2.19. The summed E-state index contributed by atoms with van der Waals surface area (Å²) in [5, 5.41) is 12.1. The number of aliphatic hydroxyl groups is 1. The Morgan fingerprint density at radius 1 is 1.38 bits per heavy atom. The van der Waals surface area contributed by atoms with Gasteiger partial charge in [-0.3, -0.25) is 9.59 Å². The van der Waals surface area contributed by atoms with Gasteiger partial charge in [-0.05, 0) is 44.1 Å². The number of rotatable bonds is 6. The van der Waals surface area contributed by atoms with Crippen LogP contribution >= 0.6 is 0 Å². The standard InChI is InChI=1S/C18H28N2O4/c1-12(2)10-16(19-17(22)15-6-9-24-13(15)3)18(23)20-7-4-14(11-21)5-8-20/h6,9,12,14,16,21H,4-5,7-8,10-11H2,1-3H3,(H,19,22). The van der Waals surface area contributed by atoms with Crippen LogP contribution in [-0.2, 0) is 4.79 Å². The average molecular weight is 336 g/mol. The van der Waals surface area contributed by atoms with E-state index < -0.39 is 6.04 Å². The molecule has 2 heterocycles. The van der Waals surface area contributed by atoms with Crippen molar-refractivity contribution < 1.29 is 19.1 Å². The quantitative estimate of drug-likeness (QED) is 0.832. The van der Waals surface area contributed by atoms with Crippen LogP contribution in [0.4, 0.5) is 0 Å². The first-order valence-corrected chi connectivity index (χ1v) is 8.67. The van der Waals surface area contributed by atoms with Gasteiger partial charge in [0, 0.05) is 19.7 Å². The van der Waals surface area contributed by atoms with Crippen molar-refractivity contribution in [2.45, 2.75) is 46.1 Å². The number of likely N-dealkylation sites (tertiary alicyclic amines) is 1. The molecule has 0 bridgehead atoms. The molecular weight excluding hydrogens is 308 g/mol. The number of amides is 2. The fourth-order valence-electron chi connectivity index (χ4n) is 3.11. The summed E-state index contributed by atoms with van der Waals surface area (Å²) in [5.41, 5.74) is 0.468. The van der Waals surface area contributed by atoms with Crippen molar-refractivity contribution in [3.63, 3.8) is 0 Å². The second-order valence-corrected chi connectivity index (χ2v) is 7.00. The molecule has 1 saturated heterocycles. The highest BCUT2D eigenvalue weighted by Gasteiger charge is 2.30. The van der Waals surface area contributed by atoms with Crippen LogP contribution in [0.2, 0.25) is 0 Å². The number of aryl methyl sites for hydroxylation is 1. The highest BCUT2D eigenvalue weighted by atomic mass is 16.3. The molecule has 1 aliphatic heterocycles. The molecule has 1 aromatic rings. The lowest BCUT2D eigenvalue weighted by atomic mass is 9.96. The number of aliphatic hydroxyl groups excluding tert-OH is 1. The molecule has 1 unspecified atom stereocenters. The minimum atomic E-state index is -0.530. The lowest BCUT2D eigenvalue weighted by molar-refractivity contribution is -0.135. The van der Waals surface area contributed by atoms with Gasteiger partial charge in [-0.25, -0.2) is 0 Å². The molecule has 0 aliphatic carbocycles. The van der Waals surface area contributed by atoms with Crippen LogP contribution in [0.3, 0.4) is 0 Å². The first kappa shape index (κ1) is 18.5. The third-order valence-electron chi connectivity index (χ3n) is 4.60. The third-order valence-corrected chi connectivity index (χ3v) is 4.60. The van der Waals surface area contributed by atoms with Gasteiger partial charge in [-0.2, -0.15) is 0 Å². The first-order valence-electron chi connectivity index (χ1n) is 8.67. The predicted octanol–water partition coefficient (Wildman–Crippen LogP) is 1.96. The number of hydrogen-bond acceptors (Lipinski definition) is 4. The molecule has 24 heavy (non-hydrogen) atoms. The van der Waals surface area contributed by atoms with E-state index in [0.717, 1.165) is 12.8 Å². The van der Waals surface area contributed by atoms with Crippen LogP contribution in [0, 0.1) is 18.8 Å². The average Bonchev–Trinajstić information content (AvgIpc) is 2.99. The van der Waals surface area contributed by atoms with Crippen molar-refractivity contribution in [2.75, 3.05) is 19.7 Å². The van der Waals surface area contributed by atoms with Gasteiger partial charge in [0.15, 0.2) is 0 Å². The maximum atomic E-state index is 12.8. The molecule has 0 aromatic carbocycles. The summed E-state index contributed by atoms with van der Waals surface area (Å²) in [4.78, 5) is 27.1. The summed E-state index contributed by atoms with van der Waals surface area (Å²) in [7, 11) is 0. The molecule has 0 radical (unpaired) electrons. The fourth-order valence-corrected chi connectivity index (χ4v) is 3.11. The van der Waals surface area contributed by atoms with E-state index in [0.29, 0.717) is 36.8 Å². The molecule has 6 nitrogen and oxygen atoms in total. The van der Waals surface area contributed by atoms with E-state index in [1.807, 2.05) is 18.7 Å². The number of hydrogen-bond donors (Lipinski definition) is 2. The maximum Gasteiger partial charge on any atom is 0.255 e. The van der Waals surface area contributed by atoms with Crippen LogP contribution in [0.1, 0.15) is 49.2 Å². The van der Waals surface area contributed by atoms with Gasteiger partial charge in [0.25, 0.3) is 5.91 Å². The van der Waals surface area contributed by atoms with Crippen LogP contribution in [0.15, 0.2) is 16.7 Å². The number of carbonyl (C=O) groups excluding carboxylic acids is 2. The normalized spacial score (nSPS) is 17.1. The Bertz CT molecular complexity index is 559. The molecular formula is C18H28N2O4. The molecule has 6 heteroatoms. The van der Waals surface area contributed by atoms with Crippen molar-refractivity contribution in [3.8, 4) is 0 Å². The summed E-state index contributed by atoms with van der Waals surface area (Å²) >= 11 is 0. The van der Waals surface area contributed by atoms with Crippen molar-refractivity contribution in [3.05, 3.63) is 23.7 Å². The van der Waals surface area contributed by atoms with Crippen LogP contribution in [-0.4, -0.2) is 47.6 Å². The second-order valence-electron chi connectivity index (χ2n) is 7.00. The number of nitrogens with one attached hydrogen (secondary N) is 1. The van der Waals surface area contributed by atoms with E-state index in [1.54, 1.807) is 13.0 Å². The van der Waals surface area contributed by atoms with E-state index in [1.165, 1.54) is 6.26 Å². The number of piperidine rings is 1. The lowest BCUT2D eigenvalue weighted by Crippen LogP contribution is -2.51. The molecule has 1 fully saturated rings. The van der Waals surface area contributed by atoms with E-state index in [4.69, 9.17) is 4.42 Å². The second kappa shape index (κ2) is 8.33.